The lowest BCUT2D eigenvalue weighted by Crippen LogP contribution is -2.11. The van der Waals surface area contributed by atoms with Gasteiger partial charge in [0.1, 0.15) is 17.1 Å². The Bertz CT molecular complexity index is 1770. The Kier molecular flexibility index (Phi) is 6.19. The lowest BCUT2D eigenvalue weighted by atomic mass is 10.1. The molecule has 0 amide bonds. The first-order valence-electron chi connectivity index (χ1n) is 12.2. The van der Waals surface area contributed by atoms with E-state index in [2.05, 4.69) is 5.10 Å². The van der Waals surface area contributed by atoms with E-state index in [0.717, 1.165) is 32.4 Å². The molecule has 0 saturated heterocycles. The number of imidazole rings is 1. The summed E-state index contributed by atoms with van der Waals surface area (Å²) in [4.78, 5) is 11.1. The summed E-state index contributed by atoms with van der Waals surface area (Å²) in [7, 11) is 1.28. The molecule has 0 aliphatic rings. The largest absolute Gasteiger partial charge is 0.493 e. The predicted molar refractivity (Wildman–Crippen MR) is 144 cm³/mol. The maximum atomic E-state index is 13.2. The second kappa shape index (κ2) is 9.70. The van der Waals surface area contributed by atoms with Gasteiger partial charge in [-0.3, -0.25) is 9.08 Å². The van der Waals surface area contributed by atoms with Crippen LogP contribution in [-0.4, -0.2) is 29.3 Å². The van der Waals surface area contributed by atoms with Gasteiger partial charge in [-0.15, -0.1) is 11.3 Å². The van der Waals surface area contributed by atoms with Crippen LogP contribution in [0.2, 0.25) is 0 Å². The van der Waals surface area contributed by atoms with Crippen LogP contribution < -0.4 is 0 Å². The molecule has 0 fully saturated rings. The van der Waals surface area contributed by atoms with Crippen molar-refractivity contribution in [2.45, 2.75) is 19.0 Å². The van der Waals surface area contributed by atoms with E-state index < -0.39 is 11.9 Å². The van der Waals surface area contributed by atoms with Crippen LogP contribution in [0.3, 0.4) is 0 Å². The fourth-order valence-corrected chi connectivity index (χ4v) is 5.51. The van der Waals surface area contributed by atoms with Gasteiger partial charge in [0.2, 0.25) is 5.88 Å². The third kappa shape index (κ3) is 4.90. The number of aryl methyl sites for hydroxylation is 1. The smallest absolute Gasteiger partial charge is 0.433 e. The van der Waals surface area contributed by atoms with Gasteiger partial charge in [0.25, 0.3) is 0 Å². The molecule has 4 heterocycles. The molecule has 0 unspecified atom stereocenters. The zero-order valence-corrected chi connectivity index (χ0v) is 21.5. The SMILES string of the molecule is Cn1nc(-c2ccc(Cc3nc4c(Cc5ccccc5)nc(-c5ccccc5)cn4c3O)s2)cc1C(F)(F)F. The van der Waals surface area contributed by atoms with Crippen molar-refractivity contribution < 1.29 is 18.3 Å². The first-order chi connectivity index (χ1) is 18.8. The molecule has 39 heavy (non-hydrogen) atoms. The Morgan fingerprint density at radius 2 is 1.56 bits per heavy atom. The Balaban J connectivity index is 1.37. The highest BCUT2D eigenvalue weighted by atomic mass is 32.1. The topological polar surface area (TPSA) is 68.2 Å². The summed E-state index contributed by atoms with van der Waals surface area (Å²) in [5, 5.41) is 15.2. The van der Waals surface area contributed by atoms with E-state index in [1.165, 1.54) is 18.4 Å². The lowest BCUT2D eigenvalue weighted by Gasteiger charge is -2.08. The molecule has 1 N–H and O–H groups in total. The van der Waals surface area contributed by atoms with Crippen molar-refractivity contribution in [2.24, 2.45) is 7.05 Å². The first kappa shape index (κ1) is 24.9. The van der Waals surface area contributed by atoms with Crippen molar-refractivity contribution in [3.63, 3.8) is 0 Å². The van der Waals surface area contributed by atoms with Gasteiger partial charge in [-0.25, -0.2) is 9.97 Å². The van der Waals surface area contributed by atoms with Crippen LogP contribution in [0.1, 0.15) is 27.5 Å². The molecule has 0 aliphatic carbocycles. The fraction of sp³-hybridized carbons (Fsp3) is 0.138. The lowest BCUT2D eigenvalue weighted by molar-refractivity contribution is -0.143. The normalized spacial score (nSPS) is 11.9. The molecule has 6 rings (SSSR count). The van der Waals surface area contributed by atoms with Gasteiger partial charge >= 0.3 is 6.18 Å². The molecule has 196 valence electrons. The highest BCUT2D eigenvalue weighted by Gasteiger charge is 2.35. The number of halogens is 3. The van der Waals surface area contributed by atoms with Gasteiger partial charge < -0.3 is 5.11 Å². The van der Waals surface area contributed by atoms with Crippen molar-refractivity contribution in [2.75, 3.05) is 0 Å². The molecule has 0 atom stereocenters. The monoisotopic (exact) mass is 545 g/mol. The molecule has 2 aromatic carbocycles. The van der Waals surface area contributed by atoms with Crippen LogP contribution in [0.25, 0.3) is 27.5 Å². The summed E-state index contributed by atoms with van der Waals surface area (Å²) in [6.45, 7) is 0. The van der Waals surface area contributed by atoms with Crippen LogP contribution in [0.15, 0.2) is 85.1 Å². The summed E-state index contributed by atoms with van der Waals surface area (Å²) < 4.78 is 42.2. The summed E-state index contributed by atoms with van der Waals surface area (Å²) in [5.41, 5.74) is 3.88. The molecule has 0 radical (unpaired) electrons. The van der Waals surface area contributed by atoms with Crippen molar-refractivity contribution >= 4 is 17.0 Å². The molecular formula is C29H22F3N5OS. The standard InChI is InChI=1S/C29H22F3N5OS/c1-36-26(29(30,31)32)16-21(35-36)25-13-12-20(39-25)15-23-28(38)37-17-24(19-10-6-3-7-11-19)33-22(27(37)34-23)14-18-8-4-2-5-9-18/h2-13,16-17,38H,14-15H2,1H3. The predicted octanol–water partition coefficient (Wildman–Crippen LogP) is 6.76. The molecule has 0 spiro atoms. The summed E-state index contributed by atoms with van der Waals surface area (Å²) in [6.07, 6.45) is -1.86. The molecule has 10 heteroatoms. The molecule has 0 saturated carbocycles. The summed E-state index contributed by atoms with van der Waals surface area (Å²) in [5.74, 6) is 0.00559. The van der Waals surface area contributed by atoms with E-state index >= 15 is 0 Å². The zero-order chi connectivity index (χ0) is 27.1. The summed E-state index contributed by atoms with van der Waals surface area (Å²) in [6, 6.07) is 24.3. The van der Waals surface area contributed by atoms with Crippen LogP contribution in [0, 0.1) is 0 Å². The molecule has 4 aromatic heterocycles. The number of thiophene rings is 1. The van der Waals surface area contributed by atoms with E-state index in [1.54, 1.807) is 16.7 Å². The number of fused-ring (bicyclic) bond motifs is 1. The number of benzene rings is 2. The second-order valence-corrected chi connectivity index (χ2v) is 10.3. The maximum absolute atomic E-state index is 13.2. The van der Waals surface area contributed by atoms with Crippen LogP contribution >= 0.6 is 11.3 Å². The molecule has 6 aromatic rings. The van der Waals surface area contributed by atoms with Crippen molar-refractivity contribution in [3.8, 4) is 27.7 Å². The van der Waals surface area contributed by atoms with Crippen molar-refractivity contribution in [1.82, 2.24) is 24.1 Å². The Morgan fingerprint density at radius 3 is 2.26 bits per heavy atom. The Morgan fingerprint density at radius 1 is 0.846 bits per heavy atom. The van der Waals surface area contributed by atoms with Gasteiger partial charge in [-0.2, -0.15) is 18.3 Å². The highest BCUT2D eigenvalue weighted by molar-refractivity contribution is 7.15. The van der Waals surface area contributed by atoms with E-state index in [-0.39, 0.29) is 11.6 Å². The van der Waals surface area contributed by atoms with Crippen molar-refractivity contribution in [3.05, 3.63) is 113 Å². The Labute approximate surface area is 225 Å². The quantitative estimate of drug-likeness (QED) is 0.251. The maximum Gasteiger partial charge on any atom is 0.433 e. The third-order valence-corrected chi connectivity index (χ3v) is 7.54. The van der Waals surface area contributed by atoms with Gasteiger partial charge in [0, 0.05) is 36.5 Å². The van der Waals surface area contributed by atoms with E-state index in [9.17, 15) is 18.3 Å². The number of alkyl halides is 3. The van der Waals surface area contributed by atoms with E-state index in [4.69, 9.17) is 9.97 Å². The van der Waals surface area contributed by atoms with Gasteiger partial charge in [0.15, 0.2) is 5.65 Å². The molecule has 6 nitrogen and oxygen atoms in total. The van der Waals surface area contributed by atoms with E-state index in [0.29, 0.717) is 34.8 Å². The minimum atomic E-state index is -4.48. The van der Waals surface area contributed by atoms with Gasteiger partial charge in [0.05, 0.1) is 16.3 Å². The minimum Gasteiger partial charge on any atom is -0.493 e. The third-order valence-electron chi connectivity index (χ3n) is 6.43. The highest BCUT2D eigenvalue weighted by Crippen LogP contribution is 2.35. The number of aromatic hydroxyl groups is 1. The fourth-order valence-electron chi connectivity index (χ4n) is 4.55. The molecule has 0 aliphatic heterocycles. The van der Waals surface area contributed by atoms with Crippen LogP contribution in [0.4, 0.5) is 13.2 Å². The van der Waals surface area contributed by atoms with Gasteiger partial charge in [-0.05, 0) is 23.8 Å². The number of rotatable bonds is 6. The summed E-state index contributed by atoms with van der Waals surface area (Å²) >= 11 is 1.32. The number of nitrogens with zero attached hydrogens (tertiary/aromatic N) is 5. The van der Waals surface area contributed by atoms with E-state index in [1.807, 2.05) is 66.7 Å². The van der Waals surface area contributed by atoms with Crippen LogP contribution in [0.5, 0.6) is 5.88 Å². The second-order valence-electron chi connectivity index (χ2n) is 9.16. The minimum absolute atomic E-state index is 0.00559. The zero-order valence-electron chi connectivity index (χ0n) is 20.7. The Hall–Kier alpha value is -4.44. The number of hydrogen-bond donors (Lipinski definition) is 1. The average molecular weight is 546 g/mol. The molecular weight excluding hydrogens is 523 g/mol. The van der Waals surface area contributed by atoms with Gasteiger partial charge in [-0.1, -0.05) is 60.7 Å². The molecule has 0 bridgehead atoms. The number of aromatic nitrogens is 5. The van der Waals surface area contributed by atoms with Crippen LogP contribution in [-0.2, 0) is 26.1 Å². The number of hydrogen-bond acceptors (Lipinski definition) is 5. The van der Waals surface area contributed by atoms with Crippen molar-refractivity contribution in [1.29, 1.82) is 0 Å². The average Bonchev–Trinajstić information content (AvgIpc) is 3.63. The first-order valence-corrected chi connectivity index (χ1v) is 13.0.